The third-order valence-electron chi connectivity index (χ3n) is 3.38. The molecule has 1 aromatic heterocycles. The summed E-state index contributed by atoms with van der Waals surface area (Å²) in [5, 5.41) is 7.19. The summed E-state index contributed by atoms with van der Waals surface area (Å²) in [6, 6.07) is 8.02. The molecule has 0 saturated carbocycles. The first-order chi connectivity index (χ1) is 9.33. The van der Waals surface area contributed by atoms with Crippen LogP contribution in [-0.4, -0.2) is 23.5 Å². The van der Waals surface area contributed by atoms with Crippen molar-refractivity contribution in [3.63, 3.8) is 0 Å². The fourth-order valence-corrected chi connectivity index (χ4v) is 3.26. The summed E-state index contributed by atoms with van der Waals surface area (Å²) in [5.41, 5.74) is 1.01. The molecule has 2 N–H and O–H groups in total. The van der Waals surface area contributed by atoms with Crippen LogP contribution >= 0.6 is 11.3 Å². The van der Waals surface area contributed by atoms with Gasteiger partial charge in [-0.2, -0.15) is 0 Å². The van der Waals surface area contributed by atoms with Crippen LogP contribution in [-0.2, 0) is 11.3 Å². The van der Waals surface area contributed by atoms with Crippen molar-refractivity contribution in [2.75, 3.05) is 6.54 Å². The van der Waals surface area contributed by atoms with Crippen molar-refractivity contribution < 1.29 is 4.79 Å². The van der Waals surface area contributed by atoms with Crippen molar-refractivity contribution >= 4 is 27.5 Å². The van der Waals surface area contributed by atoms with E-state index in [0.29, 0.717) is 6.54 Å². The van der Waals surface area contributed by atoms with Crippen LogP contribution in [0.4, 0.5) is 0 Å². The summed E-state index contributed by atoms with van der Waals surface area (Å²) >= 11 is 1.64. The Labute approximate surface area is 116 Å². The molecule has 1 saturated heterocycles. The van der Waals surface area contributed by atoms with Gasteiger partial charge in [0.1, 0.15) is 5.01 Å². The summed E-state index contributed by atoms with van der Waals surface area (Å²) in [6.07, 6.45) is 3.24. The number of amides is 1. The fourth-order valence-electron chi connectivity index (χ4n) is 2.36. The zero-order chi connectivity index (χ0) is 13.1. The van der Waals surface area contributed by atoms with Gasteiger partial charge < -0.3 is 10.6 Å². The molecule has 3 rings (SSSR count). The number of benzene rings is 1. The van der Waals surface area contributed by atoms with Gasteiger partial charge in [0.15, 0.2) is 0 Å². The predicted octanol–water partition coefficient (Wildman–Crippen LogP) is 2.05. The highest BCUT2D eigenvalue weighted by molar-refractivity contribution is 7.18. The van der Waals surface area contributed by atoms with E-state index in [0.717, 1.165) is 29.9 Å². The van der Waals surface area contributed by atoms with E-state index in [1.165, 1.54) is 11.1 Å². The first-order valence-corrected chi connectivity index (χ1v) is 7.50. The van der Waals surface area contributed by atoms with E-state index in [1.807, 2.05) is 18.2 Å². The van der Waals surface area contributed by atoms with E-state index in [2.05, 4.69) is 21.7 Å². The number of carbonyl (C=O) groups excluding carboxylic acids is 1. The first kappa shape index (κ1) is 12.6. The molecule has 2 aromatic rings. The fraction of sp³-hybridized carbons (Fsp3) is 0.429. The maximum absolute atomic E-state index is 12.0. The van der Waals surface area contributed by atoms with Gasteiger partial charge in [-0.1, -0.05) is 18.6 Å². The lowest BCUT2D eigenvalue weighted by molar-refractivity contribution is -0.123. The van der Waals surface area contributed by atoms with E-state index in [9.17, 15) is 4.79 Å². The number of rotatable bonds is 3. The van der Waals surface area contributed by atoms with E-state index in [4.69, 9.17) is 0 Å². The molecule has 0 aliphatic carbocycles. The zero-order valence-corrected chi connectivity index (χ0v) is 11.5. The van der Waals surface area contributed by atoms with Crippen LogP contribution < -0.4 is 10.6 Å². The van der Waals surface area contributed by atoms with E-state index < -0.39 is 0 Å². The molecule has 19 heavy (non-hydrogen) atoms. The number of para-hydroxylation sites is 1. The normalized spacial score (nSPS) is 19.5. The molecule has 1 aromatic carbocycles. The number of hydrogen-bond donors (Lipinski definition) is 2. The average Bonchev–Trinajstić information content (AvgIpc) is 2.88. The van der Waals surface area contributed by atoms with Crippen molar-refractivity contribution in [1.82, 2.24) is 15.6 Å². The van der Waals surface area contributed by atoms with Gasteiger partial charge in [-0.3, -0.25) is 4.79 Å². The molecule has 1 fully saturated rings. The second kappa shape index (κ2) is 5.67. The molecule has 2 heterocycles. The molecule has 100 valence electrons. The van der Waals surface area contributed by atoms with Gasteiger partial charge in [-0.05, 0) is 31.5 Å². The standard InChI is InChI=1S/C14H17N3OS/c18-14(11-6-3-4-8-15-11)16-9-13-17-10-5-1-2-7-12(10)19-13/h1-2,5,7,11,15H,3-4,6,8-9H2,(H,16,18)/t11-/m0/s1. The molecule has 1 aliphatic heterocycles. The number of aromatic nitrogens is 1. The van der Waals surface area contributed by atoms with Gasteiger partial charge in [-0.15, -0.1) is 11.3 Å². The summed E-state index contributed by atoms with van der Waals surface area (Å²) in [4.78, 5) is 16.5. The Morgan fingerprint density at radius 3 is 3.11 bits per heavy atom. The average molecular weight is 275 g/mol. The lowest BCUT2D eigenvalue weighted by Crippen LogP contribution is -2.46. The summed E-state index contributed by atoms with van der Waals surface area (Å²) in [7, 11) is 0. The Morgan fingerprint density at radius 2 is 2.32 bits per heavy atom. The van der Waals surface area contributed by atoms with Crippen LogP contribution in [0.5, 0.6) is 0 Å². The number of piperidine rings is 1. The van der Waals surface area contributed by atoms with Crippen LogP contribution in [0.1, 0.15) is 24.3 Å². The third-order valence-corrected chi connectivity index (χ3v) is 4.42. The van der Waals surface area contributed by atoms with Crippen molar-refractivity contribution in [3.05, 3.63) is 29.3 Å². The SMILES string of the molecule is O=C(NCc1nc2ccccc2s1)[C@@H]1CCCCN1. The third kappa shape index (κ3) is 2.93. The number of nitrogens with zero attached hydrogens (tertiary/aromatic N) is 1. The number of thiazole rings is 1. The monoisotopic (exact) mass is 275 g/mol. The molecule has 1 atom stereocenters. The van der Waals surface area contributed by atoms with E-state index >= 15 is 0 Å². The highest BCUT2D eigenvalue weighted by Crippen LogP contribution is 2.21. The molecule has 0 bridgehead atoms. The van der Waals surface area contributed by atoms with Crippen molar-refractivity contribution in [3.8, 4) is 0 Å². The maximum atomic E-state index is 12.0. The van der Waals surface area contributed by atoms with Gasteiger partial charge in [0, 0.05) is 0 Å². The van der Waals surface area contributed by atoms with E-state index in [1.54, 1.807) is 11.3 Å². The topological polar surface area (TPSA) is 54.0 Å². The van der Waals surface area contributed by atoms with Crippen molar-refractivity contribution in [1.29, 1.82) is 0 Å². The molecule has 1 aliphatic rings. The molecular weight excluding hydrogens is 258 g/mol. The molecular formula is C14H17N3OS. The maximum Gasteiger partial charge on any atom is 0.237 e. The quantitative estimate of drug-likeness (QED) is 0.901. The lowest BCUT2D eigenvalue weighted by Gasteiger charge is -2.22. The number of carbonyl (C=O) groups is 1. The molecule has 4 nitrogen and oxygen atoms in total. The Hall–Kier alpha value is -1.46. The molecule has 5 heteroatoms. The van der Waals surface area contributed by atoms with Gasteiger partial charge in [0.2, 0.25) is 5.91 Å². The number of fused-ring (bicyclic) bond motifs is 1. The highest BCUT2D eigenvalue weighted by Gasteiger charge is 2.20. The summed E-state index contributed by atoms with van der Waals surface area (Å²) in [5.74, 6) is 0.0963. The van der Waals surface area contributed by atoms with Gasteiger partial charge in [-0.25, -0.2) is 4.98 Å². The Morgan fingerprint density at radius 1 is 1.42 bits per heavy atom. The van der Waals surface area contributed by atoms with Gasteiger partial charge in [0.25, 0.3) is 0 Å². The largest absolute Gasteiger partial charge is 0.348 e. The Kier molecular flexibility index (Phi) is 3.75. The first-order valence-electron chi connectivity index (χ1n) is 6.68. The molecule has 0 radical (unpaired) electrons. The van der Waals surface area contributed by atoms with Crippen LogP contribution in [0, 0.1) is 0 Å². The minimum absolute atomic E-state index is 0.0249. The minimum Gasteiger partial charge on any atom is -0.348 e. The van der Waals surface area contributed by atoms with E-state index in [-0.39, 0.29) is 11.9 Å². The zero-order valence-electron chi connectivity index (χ0n) is 10.7. The number of hydrogen-bond acceptors (Lipinski definition) is 4. The molecule has 0 spiro atoms. The van der Waals surface area contributed by atoms with Crippen molar-refractivity contribution in [2.24, 2.45) is 0 Å². The van der Waals surface area contributed by atoms with Gasteiger partial charge in [0.05, 0.1) is 22.8 Å². The molecule has 1 amide bonds. The van der Waals surface area contributed by atoms with Crippen LogP contribution in [0.2, 0.25) is 0 Å². The Bertz CT molecular complexity index is 542. The second-order valence-corrected chi connectivity index (χ2v) is 5.91. The smallest absolute Gasteiger partial charge is 0.237 e. The minimum atomic E-state index is -0.0249. The summed E-state index contributed by atoms with van der Waals surface area (Å²) < 4.78 is 1.17. The van der Waals surface area contributed by atoms with Crippen LogP contribution in [0.15, 0.2) is 24.3 Å². The van der Waals surface area contributed by atoms with Crippen molar-refractivity contribution in [2.45, 2.75) is 31.8 Å². The molecule has 0 unspecified atom stereocenters. The van der Waals surface area contributed by atoms with Gasteiger partial charge >= 0.3 is 0 Å². The lowest BCUT2D eigenvalue weighted by atomic mass is 10.0. The summed E-state index contributed by atoms with van der Waals surface area (Å²) in [6.45, 7) is 1.47. The number of nitrogens with one attached hydrogen (secondary N) is 2. The second-order valence-electron chi connectivity index (χ2n) is 4.80. The van der Waals surface area contributed by atoms with Crippen LogP contribution in [0.3, 0.4) is 0 Å². The van der Waals surface area contributed by atoms with Crippen LogP contribution in [0.25, 0.3) is 10.2 Å². The Balaban J connectivity index is 1.60. The predicted molar refractivity (Wildman–Crippen MR) is 77.1 cm³/mol. The highest BCUT2D eigenvalue weighted by atomic mass is 32.1.